The van der Waals surface area contributed by atoms with E-state index in [1.807, 2.05) is 72.8 Å². The van der Waals surface area contributed by atoms with Crippen LogP contribution in [0.3, 0.4) is 0 Å². The average Bonchev–Trinajstić information content (AvgIpc) is 3.29. The molecule has 0 spiro atoms. The minimum absolute atomic E-state index is 0.0423. The largest absolute Gasteiger partial charge is 0.394 e. The van der Waals surface area contributed by atoms with Gasteiger partial charge in [-0.3, -0.25) is 9.69 Å². The Bertz CT molecular complexity index is 1460. The van der Waals surface area contributed by atoms with Crippen LogP contribution in [0.25, 0.3) is 0 Å². The van der Waals surface area contributed by atoms with Gasteiger partial charge in [0.1, 0.15) is 0 Å². The predicted octanol–water partition coefficient (Wildman–Crippen LogP) is 5.81. The van der Waals surface area contributed by atoms with Crippen molar-refractivity contribution in [2.45, 2.75) is 89.1 Å². The summed E-state index contributed by atoms with van der Waals surface area (Å²) in [5.41, 5.74) is 3.77. The van der Waals surface area contributed by atoms with Crippen LogP contribution in [0, 0.1) is 5.41 Å². The van der Waals surface area contributed by atoms with Crippen molar-refractivity contribution < 1.29 is 25.2 Å². The Labute approximate surface area is 268 Å². The van der Waals surface area contributed by atoms with Crippen LogP contribution in [0.2, 0.25) is 0 Å². The fraction of sp³-hybridized carbons (Fsp3) is 0.462. The highest BCUT2D eigenvalue weighted by atomic mass is 16.3. The molecular weight excluding hydrogens is 562 g/mol. The molecule has 0 heterocycles. The van der Waals surface area contributed by atoms with Crippen molar-refractivity contribution in [2.24, 2.45) is 5.41 Å². The highest BCUT2D eigenvalue weighted by Crippen LogP contribution is 2.59. The SMILES string of the molecule is CC1=CCC[C@@]2(C)[C@@H](CC[C@@]2(O)CN(Cc2ccccc2)C[C@H](O)CO)c2ccc(cc2C(=O)c2ccccc2)C[C@@H](O)CC1. The van der Waals surface area contributed by atoms with Gasteiger partial charge in [0.2, 0.25) is 0 Å². The minimum atomic E-state index is -1.11. The second-order valence-corrected chi connectivity index (χ2v) is 13.6. The second kappa shape index (κ2) is 14.5. The molecule has 3 aliphatic carbocycles. The van der Waals surface area contributed by atoms with Gasteiger partial charge in [0.05, 0.1) is 24.4 Å². The molecule has 0 unspecified atom stereocenters. The van der Waals surface area contributed by atoms with Crippen LogP contribution in [-0.2, 0) is 13.0 Å². The number of fused-ring (bicyclic) bond motifs is 8. The molecule has 0 amide bonds. The summed E-state index contributed by atoms with van der Waals surface area (Å²) in [4.78, 5) is 16.2. The normalized spacial score (nSPS) is 26.2. The van der Waals surface area contributed by atoms with Crippen LogP contribution in [0.4, 0.5) is 0 Å². The Morgan fingerprint density at radius 3 is 2.42 bits per heavy atom. The predicted molar refractivity (Wildman–Crippen MR) is 178 cm³/mol. The molecule has 0 aliphatic heterocycles. The van der Waals surface area contributed by atoms with Gasteiger partial charge in [-0.05, 0) is 80.5 Å². The molecule has 0 aromatic heterocycles. The van der Waals surface area contributed by atoms with Crippen molar-refractivity contribution in [2.75, 3.05) is 19.7 Å². The summed E-state index contributed by atoms with van der Waals surface area (Å²) in [7, 11) is 0. The summed E-state index contributed by atoms with van der Waals surface area (Å²) in [6.07, 6.45) is 5.52. The maximum absolute atomic E-state index is 14.1. The van der Waals surface area contributed by atoms with Gasteiger partial charge < -0.3 is 20.4 Å². The van der Waals surface area contributed by atoms with Crippen LogP contribution >= 0.6 is 0 Å². The standard InChI is InChI=1S/C39H49NO5/c1-28-10-9-20-38(2)36(19-21-39(38,45)27-40(25-33(43)26-41)24-29-11-5-3-6-12-29)34-18-16-30(22-32(42)17-15-28)23-35(34)37(44)31-13-7-4-8-14-31/h3-8,10-14,16,18,23,32-33,36,41-43,45H,9,15,17,19-22,24-27H2,1-2H3/t32-,33-,36-,38-,39+/m0/s1. The topological polar surface area (TPSA) is 101 Å². The zero-order valence-electron chi connectivity index (χ0n) is 26.7. The molecule has 5 atom stereocenters. The van der Waals surface area contributed by atoms with Crippen molar-refractivity contribution >= 4 is 5.78 Å². The van der Waals surface area contributed by atoms with E-state index in [2.05, 4.69) is 30.9 Å². The number of hydrogen-bond acceptors (Lipinski definition) is 6. The Morgan fingerprint density at radius 1 is 1.00 bits per heavy atom. The van der Waals surface area contributed by atoms with E-state index in [-0.39, 0.29) is 24.9 Å². The molecule has 6 rings (SSSR count). The molecule has 45 heavy (non-hydrogen) atoms. The Kier molecular flexibility index (Phi) is 10.7. The molecule has 4 N–H and O–H groups in total. The summed E-state index contributed by atoms with van der Waals surface area (Å²) in [5.74, 6) is -0.124. The molecule has 3 aromatic rings. The highest BCUT2D eigenvalue weighted by molar-refractivity contribution is 6.10. The minimum Gasteiger partial charge on any atom is -0.394 e. The maximum atomic E-state index is 14.1. The molecule has 0 radical (unpaired) electrons. The first-order valence-corrected chi connectivity index (χ1v) is 16.5. The fourth-order valence-electron chi connectivity index (χ4n) is 7.69. The van der Waals surface area contributed by atoms with Crippen LogP contribution in [0.15, 0.2) is 90.5 Å². The van der Waals surface area contributed by atoms with Gasteiger partial charge in [-0.15, -0.1) is 0 Å². The number of aliphatic hydroxyl groups is 4. The third-order valence-electron chi connectivity index (χ3n) is 10.4. The lowest BCUT2D eigenvalue weighted by molar-refractivity contribution is -0.0907. The van der Waals surface area contributed by atoms with Crippen molar-refractivity contribution in [1.82, 2.24) is 4.90 Å². The Balaban J connectivity index is 1.58. The smallest absolute Gasteiger partial charge is 0.193 e. The first kappa shape index (κ1) is 33.2. The third-order valence-corrected chi connectivity index (χ3v) is 10.4. The van der Waals surface area contributed by atoms with Gasteiger partial charge >= 0.3 is 0 Å². The van der Waals surface area contributed by atoms with E-state index in [0.29, 0.717) is 49.9 Å². The maximum Gasteiger partial charge on any atom is 0.193 e. The van der Waals surface area contributed by atoms with E-state index < -0.39 is 23.2 Å². The van der Waals surface area contributed by atoms with Crippen LogP contribution in [0.5, 0.6) is 0 Å². The zero-order valence-corrected chi connectivity index (χ0v) is 26.7. The van der Waals surface area contributed by atoms with E-state index >= 15 is 0 Å². The lowest BCUT2D eigenvalue weighted by Gasteiger charge is -2.46. The van der Waals surface area contributed by atoms with Gasteiger partial charge in [0.15, 0.2) is 5.78 Å². The van der Waals surface area contributed by atoms with Gasteiger partial charge in [-0.1, -0.05) is 91.4 Å². The van der Waals surface area contributed by atoms with E-state index in [1.165, 1.54) is 5.57 Å². The van der Waals surface area contributed by atoms with Gasteiger partial charge in [0.25, 0.3) is 0 Å². The molecule has 0 saturated heterocycles. The molecule has 6 nitrogen and oxygen atoms in total. The molecule has 1 fully saturated rings. The number of carbonyl (C=O) groups is 1. The molecular formula is C39H49NO5. The molecule has 2 bridgehead atoms. The quantitative estimate of drug-likeness (QED) is 0.180. The van der Waals surface area contributed by atoms with Crippen molar-refractivity contribution in [3.05, 3.63) is 118 Å². The lowest BCUT2D eigenvalue weighted by Crippen LogP contribution is -2.53. The van der Waals surface area contributed by atoms with Crippen LogP contribution in [0.1, 0.15) is 90.9 Å². The molecule has 3 aromatic carbocycles. The molecule has 3 aliphatic rings. The number of nitrogens with zero attached hydrogens (tertiary/aromatic N) is 1. The molecule has 240 valence electrons. The van der Waals surface area contributed by atoms with Crippen molar-refractivity contribution in [3.8, 4) is 0 Å². The number of aliphatic hydroxyl groups excluding tert-OH is 3. The van der Waals surface area contributed by atoms with E-state index in [1.54, 1.807) is 0 Å². The number of rotatable bonds is 9. The number of allylic oxidation sites excluding steroid dienone is 2. The number of ketones is 1. The van der Waals surface area contributed by atoms with Crippen molar-refractivity contribution in [3.63, 3.8) is 0 Å². The highest BCUT2D eigenvalue weighted by Gasteiger charge is 2.57. The number of carbonyl (C=O) groups excluding carboxylic acids is 1. The first-order chi connectivity index (χ1) is 21.6. The summed E-state index contributed by atoms with van der Waals surface area (Å²) in [6.45, 7) is 5.05. The van der Waals surface area contributed by atoms with Gasteiger partial charge in [-0.25, -0.2) is 0 Å². The Hall–Kier alpha value is -3.13. The van der Waals surface area contributed by atoms with Crippen molar-refractivity contribution in [1.29, 1.82) is 0 Å². The lowest BCUT2D eigenvalue weighted by atomic mass is 9.64. The summed E-state index contributed by atoms with van der Waals surface area (Å²) < 4.78 is 0. The third kappa shape index (κ3) is 7.65. The molecule has 1 saturated carbocycles. The summed E-state index contributed by atoms with van der Waals surface area (Å²) in [6, 6.07) is 25.4. The zero-order chi connectivity index (χ0) is 32.0. The van der Waals surface area contributed by atoms with Crippen LogP contribution in [-0.4, -0.2) is 68.6 Å². The number of benzene rings is 3. The first-order valence-electron chi connectivity index (χ1n) is 16.5. The Morgan fingerprint density at radius 2 is 1.71 bits per heavy atom. The number of hydrogen-bond donors (Lipinski definition) is 4. The van der Waals surface area contributed by atoms with E-state index in [0.717, 1.165) is 36.0 Å². The van der Waals surface area contributed by atoms with Gasteiger partial charge in [-0.2, -0.15) is 0 Å². The van der Waals surface area contributed by atoms with E-state index in [4.69, 9.17) is 0 Å². The average molecular weight is 612 g/mol. The summed E-state index contributed by atoms with van der Waals surface area (Å²) in [5, 5.41) is 43.8. The fourth-order valence-corrected chi connectivity index (χ4v) is 7.69. The van der Waals surface area contributed by atoms with Gasteiger partial charge in [0, 0.05) is 36.2 Å². The molecule has 6 heteroatoms. The summed E-state index contributed by atoms with van der Waals surface area (Å²) >= 11 is 0. The van der Waals surface area contributed by atoms with E-state index in [9.17, 15) is 25.2 Å². The second-order valence-electron chi connectivity index (χ2n) is 13.6. The monoisotopic (exact) mass is 611 g/mol. The van der Waals surface area contributed by atoms with Crippen LogP contribution < -0.4 is 0 Å².